The number of carbonyl (C=O) groups is 1. The van der Waals surface area contributed by atoms with E-state index in [1.165, 1.54) is 18.2 Å². The lowest BCUT2D eigenvalue weighted by molar-refractivity contribution is -0.123. The Bertz CT molecular complexity index is 948. The Labute approximate surface area is 180 Å². The van der Waals surface area contributed by atoms with Crippen LogP contribution >= 0.6 is 23.2 Å². The summed E-state index contributed by atoms with van der Waals surface area (Å²) in [5.41, 5.74) is 0.824. The van der Waals surface area contributed by atoms with Gasteiger partial charge in [0.2, 0.25) is 15.9 Å². The van der Waals surface area contributed by atoms with Crippen molar-refractivity contribution in [3.05, 3.63) is 64.1 Å². The van der Waals surface area contributed by atoms with Crippen molar-refractivity contribution in [2.75, 3.05) is 13.2 Å². The van der Waals surface area contributed by atoms with E-state index in [0.717, 1.165) is 18.4 Å². The fourth-order valence-corrected chi connectivity index (χ4v) is 5.07. The molecule has 0 radical (unpaired) electrons. The molecule has 156 valence electrons. The molecule has 2 N–H and O–H groups in total. The standard InChI is InChI=1S/C20H22Cl2N2O4S/c21-15-8-9-17(22)19(12-15)29(26,27)24-18(11-14-5-2-1-3-6-14)20(25)23-13-16-7-4-10-28-16/h1-3,5-6,8-9,12,16,18,24H,4,7,10-11,13H2,(H,23,25)/t16-,18-/m1/s1. The summed E-state index contributed by atoms with van der Waals surface area (Å²) in [6.45, 7) is 1.01. The van der Waals surface area contributed by atoms with Crippen LogP contribution in [0.15, 0.2) is 53.4 Å². The van der Waals surface area contributed by atoms with Crippen LogP contribution < -0.4 is 10.0 Å². The van der Waals surface area contributed by atoms with Crippen LogP contribution in [-0.4, -0.2) is 39.6 Å². The van der Waals surface area contributed by atoms with Gasteiger partial charge in [-0.05, 0) is 43.0 Å². The zero-order valence-electron chi connectivity index (χ0n) is 15.6. The first-order valence-corrected chi connectivity index (χ1v) is 11.5. The molecule has 1 amide bonds. The van der Waals surface area contributed by atoms with Gasteiger partial charge < -0.3 is 10.1 Å². The fourth-order valence-electron chi connectivity index (χ4n) is 3.11. The van der Waals surface area contributed by atoms with E-state index in [1.54, 1.807) is 0 Å². The minimum absolute atomic E-state index is 0.0279. The zero-order chi connectivity index (χ0) is 20.9. The van der Waals surface area contributed by atoms with Gasteiger partial charge in [0, 0.05) is 18.2 Å². The number of rotatable bonds is 8. The van der Waals surface area contributed by atoms with Crippen LogP contribution in [0.4, 0.5) is 0 Å². The first-order valence-electron chi connectivity index (χ1n) is 9.26. The van der Waals surface area contributed by atoms with Crippen LogP contribution in [0.1, 0.15) is 18.4 Å². The second-order valence-corrected chi connectivity index (χ2v) is 9.34. The maximum atomic E-state index is 12.9. The van der Waals surface area contributed by atoms with Gasteiger partial charge in [-0.15, -0.1) is 0 Å². The van der Waals surface area contributed by atoms with Crippen molar-refractivity contribution in [3.8, 4) is 0 Å². The van der Waals surface area contributed by atoms with Crippen molar-refractivity contribution < 1.29 is 17.9 Å². The first-order chi connectivity index (χ1) is 13.8. The van der Waals surface area contributed by atoms with E-state index < -0.39 is 22.0 Å². The maximum Gasteiger partial charge on any atom is 0.242 e. The van der Waals surface area contributed by atoms with Gasteiger partial charge >= 0.3 is 0 Å². The summed E-state index contributed by atoms with van der Waals surface area (Å²) < 4.78 is 33.8. The monoisotopic (exact) mass is 456 g/mol. The molecular formula is C20H22Cl2N2O4S. The molecule has 0 aromatic heterocycles. The summed E-state index contributed by atoms with van der Waals surface area (Å²) in [5, 5.41) is 3.06. The second kappa shape index (κ2) is 9.91. The molecule has 1 fully saturated rings. The lowest BCUT2D eigenvalue weighted by atomic mass is 10.1. The molecule has 29 heavy (non-hydrogen) atoms. The third-order valence-corrected chi connectivity index (χ3v) is 6.80. The van der Waals surface area contributed by atoms with Crippen molar-refractivity contribution in [2.24, 2.45) is 0 Å². The number of sulfonamides is 1. The highest BCUT2D eigenvalue weighted by molar-refractivity contribution is 7.89. The van der Waals surface area contributed by atoms with Crippen LogP contribution in [0.3, 0.4) is 0 Å². The highest BCUT2D eigenvalue weighted by Crippen LogP contribution is 2.25. The van der Waals surface area contributed by atoms with Crippen LogP contribution in [0.25, 0.3) is 0 Å². The number of benzene rings is 2. The molecule has 2 atom stereocenters. The molecule has 0 saturated carbocycles. The third-order valence-electron chi connectivity index (χ3n) is 4.61. The number of nitrogens with one attached hydrogen (secondary N) is 2. The predicted molar refractivity (Wildman–Crippen MR) is 113 cm³/mol. The van der Waals surface area contributed by atoms with E-state index in [2.05, 4.69) is 10.0 Å². The molecule has 0 unspecified atom stereocenters. The summed E-state index contributed by atoms with van der Waals surface area (Å²) in [5.74, 6) is -0.425. The number of hydrogen-bond donors (Lipinski definition) is 2. The zero-order valence-corrected chi connectivity index (χ0v) is 17.9. The maximum absolute atomic E-state index is 12.9. The third kappa shape index (κ3) is 6.17. The van der Waals surface area contributed by atoms with Crippen molar-refractivity contribution in [3.63, 3.8) is 0 Å². The van der Waals surface area contributed by atoms with Gasteiger partial charge in [-0.2, -0.15) is 4.72 Å². The van der Waals surface area contributed by atoms with Gasteiger partial charge in [-0.3, -0.25) is 4.79 Å². The van der Waals surface area contributed by atoms with E-state index in [4.69, 9.17) is 27.9 Å². The molecule has 1 saturated heterocycles. The molecule has 1 aliphatic rings. The number of hydrogen-bond acceptors (Lipinski definition) is 4. The molecule has 2 aromatic rings. The summed E-state index contributed by atoms with van der Waals surface area (Å²) >= 11 is 12.0. The topological polar surface area (TPSA) is 84.5 Å². The Morgan fingerprint density at radius 3 is 2.62 bits per heavy atom. The van der Waals surface area contributed by atoms with Gasteiger partial charge in [0.25, 0.3) is 0 Å². The SMILES string of the molecule is O=C(NC[C@H]1CCCO1)[C@@H](Cc1ccccc1)NS(=O)(=O)c1cc(Cl)ccc1Cl. The molecule has 1 aliphatic heterocycles. The van der Waals surface area contributed by atoms with Crippen molar-refractivity contribution >= 4 is 39.1 Å². The Morgan fingerprint density at radius 2 is 1.93 bits per heavy atom. The molecule has 0 spiro atoms. The van der Waals surface area contributed by atoms with E-state index in [1.807, 2.05) is 30.3 Å². The summed E-state index contributed by atoms with van der Waals surface area (Å²) in [6, 6.07) is 12.3. The lowest BCUT2D eigenvalue weighted by Gasteiger charge is -2.20. The van der Waals surface area contributed by atoms with Crippen LogP contribution in [0, 0.1) is 0 Å². The molecular weight excluding hydrogens is 435 g/mol. The minimum Gasteiger partial charge on any atom is -0.376 e. The molecule has 0 bridgehead atoms. The normalized spacial score (nSPS) is 17.8. The predicted octanol–water partition coefficient (Wildman–Crippen LogP) is 3.18. The quantitative estimate of drug-likeness (QED) is 0.638. The van der Waals surface area contributed by atoms with Gasteiger partial charge in [0.15, 0.2) is 0 Å². The van der Waals surface area contributed by atoms with Crippen LogP contribution in [0.2, 0.25) is 10.0 Å². The molecule has 9 heteroatoms. The van der Waals surface area contributed by atoms with Crippen LogP contribution in [0.5, 0.6) is 0 Å². The smallest absolute Gasteiger partial charge is 0.242 e. The highest BCUT2D eigenvalue weighted by atomic mass is 35.5. The first kappa shape index (κ1) is 22.1. The fraction of sp³-hybridized carbons (Fsp3) is 0.350. The molecule has 2 aromatic carbocycles. The number of carbonyl (C=O) groups excluding carboxylic acids is 1. The summed E-state index contributed by atoms with van der Waals surface area (Å²) in [6.07, 6.45) is 1.96. The Hall–Kier alpha value is -1.64. The number of halogens is 2. The van der Waals surface area contributed by atoms with E-state index in [0.29, 0.717) is 13.2 Å². The van der Waals surface area contributed by atoms with Gasteiger partial charge in [0.05, 0.1) is 11.1 Å². The Morgan fingerprint density at radius 1 is 1.17 bits per heavy atom. The van der Waals surface area contributed by atoms with E-state index in [-0.39, 0.29) is 27.5 Å². The Kier molecular flexibility index (Phi) is 7.54. The Balaban J connectivity index is 1.79. The van der Waals surface area contributed by atoms with E-state index in [9.17, 15) is 13.2 Å². The largest absolute Gasteiger partial charge is 0.376 e. The van der Waals surface area contributed by atoms with Crippen molar-refractivity contribution in [1.82, 2.24) is 10.0 Å². The number of amides is 1. The average molecular weight is 457 g/mol. The molecule has 1 heterocycles. The second-order valence-electron chi connectivity index (χ2n) is 6.82. The van der Waals surface area contributed by atoms with Gasteiger partial charge in [0.1, 0.15) is 10.9 Å². The van der Waals surface area contributed by atoms with E-state index >= 15 is 0 Å². The molecule has 3 rings (SSSR count). The summed E-state index contributed by atoms with van der Waals surface area (Å²) in [7, 11) is -4.07. The number of ether oxygens (including phenoxy) is 1. The summed E-state index contributed by atoms with van der Waals surface area (Å²) in [4.78, 5) is 12.6. The van der Waals surface area contributed by atoms with Crippen molar-refractivity contribution in [1.29, 1.82) is 0 Å². The van der Waals surface area contributed by atoms with Gasteiger partial charge in [-0.25, -0.2) is 8.42 Å². The minimum atomic E-state index is -4.07. The molecule has 0 aliphatic carbocycles. The van der Waals surface area contributed by atoms with Crippen molar-refractivity contribution in [2.45, 2.75) is 36.3 Å². The van der Waals surface area contributed by atoms with Crippen LogP contribution in [-0.2, 0) is 26.0 Å². The van der Waals surface area contributed by atoms with Gasteiger partial charge in [-0.1, -0.05) is 53.5 Å². The molecule has 6 nitrogen and oxygen atoms in total. The average Bonchev–Trinajstić information content (AvgIpc) is 3.21. The highest BCUT2D eigenvalue weighted by Gasteiger charge is 2.28. The lowest BCUT2D eigenvalue weighted by Crippen LogP contribution is -2.49.